The molecule has 126 valence electrons. The maximum atomic E-state index is 12.5. The summed E-state index contributed by atoms with van der Waals surface area (Å²) < 4.78 is 5.23. The summed E-state index contributed by atoms with van der Waals surface area (Å²) in [6.07, 6.45) is 8.20. The number of hydrogen-bond donors (Lipinski definition) is 1. The van der Waals surface area contributed by atoms with Crippen molar-refractivity contribution in [2.75, 3.05) is 13.7 Å². The minimum Gasteiger partial charge on any atom is -0.497 e. The highest BCUT2D eigenvalue weighted by Crippen LogP contribution is 2.22. The molecule has 24 heavy (non-hydrogen) atoms. The first-order valence-electron chi connectivity index (χ1n) is 8.59. The molecule has 3 rings (SSSR count). The van der Waals surface area contributed by atoms with E-state index in [2.05, 4.69) is 16.4 Å². The van der Waals surface area contributed by atoms with Crippen molar-refractivity contribution < 1.29 is 9.53 Å². The van der Waals surface area contributed by atoms with Crippen molar-refractivity contribution in [2.45, 2.75) is 39.0 Å². The molecule has 0 saturated carbocycles. The molecule has 1 amide bonds. The molecule has 0 aliphatic heterocycles. The van der Waals surface area contributed by atoms with Crippen LogP contribution in [0, 0.1) is 6.92 Å². The summed E-state index contributed by atoms with van der Waals surface area (Å²) in [7, 11) is 1.64. The molecule has 1 aromatic carbocycles. The number of hydrogen-bond acceptors (Lipinski definition) is 3. The van der Waals surface area contributed by atoms with E-state index in [1.807, 2.05) is 31.2 Å². The van der Waals surface area contributed by atoms with Gasteiger partial charge in [-0.05, 0) is 57.2 Å². The molecular weight excluding hydrogens is 300 g/mol. The molecule has 1 heterocycles. The number of aromatic nitrogens is 1. The lowest BCUT2D eigenvalue weighted by atomic mass is 9.97. The molecule has 0 saturated heterocycles. The van der Waals surface area contributed by atoms with Gasteiger partial charge in [-0.25, -0.2) is 0 Å². The van der Waals surface area contributed by atoms with Crippen LogP contribution in [0.25, 0.3) is 10.9 Å². The lowest BCUT2D eigenvalue weighted by Crippen LogP contribution is -2.26. The molecule has 0 bridgehead atoms. The molecule has 4 nitrogen and oxygen atoms in total. The Kier molecular flexibility index (Phi) is 5.14. The van der Waals surface area contributed by atoms with Gasteiger partial charge in [0.15, 0.2) is 0 Å². The molecule has 1 aliphatic carbocycles. The van der Waals surface area contributed by atoms with Gasteiger partial charge in [0.25, 0.3) is 5.91 Å². The number of nitrogens with zero attached hydrogens (tertiary/aromatic N) is 1. The van der Waals surface area contributed by atoms with Gasteiger partial charge < -0.3 is 10.1 Å². The fourth-order valence-electron chi connectivity index (χ4n) is 3.16. The summed E-state index contributed by atoms with van der Waals surface area (Å²) in [4.78, 5) is 17.0. The monoisotopic (exact) mass is 324 g/mol. The van der Waals surface area contributed by atoms with Crippen molar-refractivity contribution in [3.63, 3.8) is 0 Å². The predicted molar refractivity (Wildman–Crippen MR) is 96.5 cm³/mol. The third-order valence-electron chi connectivity index (χ3n) is 4.58. The zero-order valence-electron chi connectivity index (χ0n) is 14.4. The number of amides is 1. The third-order valence-corrected chi connectivity index (χ3v) is 4.58. The van der Waals surface area contributed by atoms with Gasteiger partial charge in [0, 0.05) is 18.0 Å². The number of fused-ring (bicyclic) bond motifs is 1. The number of nitrogens with one attached hydrogen (secondary N) is 1. The van der Waals surface area contributed by atoms with E-state index in [4.69, 9.17) is 4.74 Å². The van der Waals surface area contributed by atoms with Gasteiger partial charge in [-0.1, -0.05) is 11.6 Å². The lowest BCUT2D eigenvalue weighted by Gasteiger charge is -2.13. The quantitative estimate of drug-likeness (QED) is 0.840. The highest BCUT2D eigenvalue weighted by molar-refractivity contribution is 5.98. The Morgan fingerprint density at radius 1 is 1.29 bits per heavy atom. The van der Waals surface area contributed by atoms with Crippen molar-refractivity contribution in [3.8, 4) is 5.75 Å². The number of allylic oxidation sites excluding steroid dienone is 1. The van der Waals surface area contributed by atoms with E-state index in [1.54, 1.807) is 7.11 Å². The molecule has 0 atom stereocenters. The minimum atomic E-state index is -0.0471. The zero-order valence-corrected chi connectivity index (χ0v) is 14.4. The molecule has 4 heteroatoms. The zero-order chi connectivity index (χ0) is 16.9. The molecule has 1 N–H and O–H groups in total. The molecule has 1 aromatic heterocycles. The minimum absolute atomic E-state index is 0.0471. The number of ether oxygens (including phenoxy) is 1. The Bertz CT molecular complexity index is 781. The predicted octanol–water partition coefficient (Wildman–Crippen LogP) is 4.17. The second-order valence-corrected chi connectivity index (χ2v) is 6.29. The summed E-state index contributed by atoms with van der Waals surface area (Å²) in [5.41, 5.74) is 3.70. The Balaban J connectivity index is 1.69. The molecule has 1 aliphatic rings. The second-order valence-electron chi connectivity index (χ2n) is 6.29. The average molecular weight is 324 g/mol. The van der Waals surface area contributed by atoms with Crippen LogP contribution in [0.3, 0.4) is 0 Å². The summed E-state index contributed by atoms with van der Waals surface area (Å²) in [5.74, 6) is 0.724. The lowest BCUT2D eigenvalue weighted by molar-refractivity contribution is 0.0953. The van der Waals surface area contributed by atoms with Gasteiger partial charge in [0.2, 0.25) is 0 Å². The molecule has 0 unspecified atom stereocenters. The van der Waals surface area contributed by atoms with Crippen molar-refractivity contribution in [1.82, 2.24) is 10.3 Å². The Hall–Kier alpha value is -2.36. The van der Waals surface area contributed by atoms with E-state index in [1.165, 1.54) is 31.3 Å². The number of pyridine rings is 1. The van der Waals surface area contributed by atoms with Gasteiger partial charge in [-0.3, -0.25) is 9.78 Å². The van der Waals surface area contributed by atoms with Crippen molar-refractivity contribution >= 4 is 16.8 Å². The summed E-state index contributed by atoms with van der Waals surface area (Å²) >= 11 is 0. The van der Waals surface area contributed by atoms with Crippen LogP contribution in [-0.4, -0.2) is 24.5 Å². The number of aryl methyl sites for hydroxylation is 1. The van der Waals surface area contributed by atoms with Crippen molar-refractivity contribution in [3.05, 3.63) is 47.2 Å². The summed E-state index contributed by atoms with van der Waals surface area (Å²) in [6.45, 7) is 2.56. The van der Waals surface area contributed by atoms with E-state index >= 15 is 0 Å². The fraction of sp³-hybridized carbons (Fsp3) is 0.400. The standard InChI is InChI=1S/C20H24N2O2/c1-14-18(12-16-8-9-17(24-2)13-19(16)22-14)20(23)21-11-10-15-6-4-3-5-7-15/h6,8-9,12-13H,3-5,7,10-11H2,1-2H3,(H,21,23). The molecule has 2 aromatic rings. The van der Waals surface area contributed by atoms with E-state index in [-0.39, 0.29) is 5.91 Å². The first-order chi connectivity index (χ1) is 11.7. The Labute approximate surface area is 142 Å². The van der Waals surface area contributed by atoms with Crippen LogP contribution in [0.5, 0.6) is 5.75 Å². The van der Waals surface area contributed by atoms with E-state index in [9.17, 15) is 4.79 Å². The maximum absolute atomic E-state index is 12.5. The molecule has 0 radical (unpaired) electrons. The first kappa shape index (κ1) is 16.5. The van der Waals surface area contributed by atoms with Crippen LogP contribution >= 0.6 is 0 Å². The number of carbonyl (C=O) groups excluding carboxylic acids is 1. The Morgan fingerprint density at radius 2 is 2.17 bits per heavy atom. The summed E-state index contributed by atoms with van der Waals surface area (Å²) in [6, 6.07) is 7.62. The number of carbonyl (C=O) groups is 1. The molecular formula is C20H24N2O2. The van der Waals surface area contributed by atoms with Crippen molar-refractivity contribution in [2.24, 2.45) is 0 Å². The van der Waals surface area contributed by atoms with Crippen LogP contribution in [0.2, 0.25) is 0 Å². The number of rotatable bonds is 5. The maximum Gasteiger partial charge on any atom is 0.253 e. The van der Waals surface area contributed by atoms with E-state index < -0.39 is 0 Å². The van der Waals surface area contributed by atoms with Gasteiger partial charge in [0.1, 0.15) is 5.75 Å². The number of benzene rings is 1. The van der Waals surface area contributed by atoms with E-state index in [0.29, 0.717) is 12.1 Å². The summed E-state index contributed by atoms with van der Waals surface area (Å²) in [5, 5.41) is 3.98. The fourth-order valence-corrected chi connectivity index (χ4v) is 3.16. The number of methoxy groups -OCH3 is 1. The smallest absolute Gasteiger partial charge is 0.253 e. The highest BCUT2D eigenvalue weighted by atomic mass is 16.5. The second kappa shape index (κ2) is 7.47. The van der Waals surface area contributed by atoms with Crippen LogP contribution in [-0.2, 0) is 0 Å². The molecule has 0 fully saturated rings. The van der Waals surface area contributed by atoms with Crippen LogP contribution in [0.4, 0.5) is 0 Å². The normalized spacial score (nSPS) is 14.3. The van der Waals surface area contributed by atoms with Gasteiger partial charge in [-0.15, -0.1) is 0 Å². The highest BCUT2D eigenvalue weighted by Gasteiger charge is 2.12. The molecule has 0 spiro atoms. The average Bonchev–Trinajstić information content (AvgIpc) is 2.61. The van der Waals surface area contributed by atoms with Gasteiger partial charge in [0.05, 0.1) is 23.9 Å². The van der Waals surface area contributed by atoms with Crippen LogP contribution in [0.1, 0.15) is 48.2 Å². The topological polar surface area (TPSA) is 51.2 Å². The third kappa shape index (κ3) is 3.75. The SMILES string of the molecule is COc1ccc2cc(C(=O)NCCC3=CCCCC3)c(C)nc2c1. The van der Waals surface area contributed by atoms with Gasteiger partial charge in [-0.2, -0.15) is 0 Å². The van der Waals surface area contributed by atoms with Crippen LogP contribution < -0.4 is 10.1 Å². The first-order valence-corrected chi connectivity index (χ1v) is 8.59. The van der Waals surface area contributed by atoms with E-state index in [0.717, 1.165) is 28.8 Å². The Morgan fingerprint density at radius 3 is 2.92 bits per heavy atom. The van der Waals surface area contributed by atoms with Crippen LogP contribution in [0.15, 0.2) is 35.9 Å². The largest absolute Gasteiger partial charge is 0.497 e. The van der Waals surface area contributed by atoms with Crippen molar-refractivity contribution in [1.29, 1.82) is 0 Å². The van der Waals surface area contributed by atoms with Gasteiger partial charge >= 0.3 is 0 Å².